The molecule has 1 atom stereocenters. The van der Waals surface area contributed by atoms with Gasteiger partial charge in [-0.05, 0) is 19.4 Å². The number of nitrogens with zero attached hydrogens (tertiary/aromatic N) is 5. The van der Waals surface area contributed by atoms with Crippen LogP contribution in [0.15, 0.2) is 30.3 Å². The highest BCUT2D eigenvalue weighted by Gasteiger charge is 2.24. The first kappa shape index (κ1) is 19.2. The number of nitro groups is 1. The molecule has 0 spiro atoms. The first-order chi connectivity index (χ1) is 12.8. The zero-order valence-corrected chi connectivity index (χ0v) is 16.4. The Morgan fingerprint density at radius 3 is 2.41 bits per heavy atom. The summed E-state index contributed by atoms with van der Waals surface area (Å²) in [6, 6.07) is 9.14. The van der Waals surface area contributed by atoms with E-state index in [4.69, 9.17) is 4.98 Å². The van der Waals surface area contributed by atoms with Gasteiger partial charge in [0.1, 0.15) is 11.6 Å². The van der Waals surface area contributed by atoms with Crippen LogP contribution in [0.4, 0.5) is 11.5 Å². The van der Waals surface area contributed by atoms with Crippen LogP contribution >= 0.6 is 0 Å². The molecule has 0 bridgehead atoms. The summed E-state index contributed by atoms with van der Waals surface area (Å²) in [5.41, 5.74) is 2.13. The van der Waals surface area contributed by atoms with E-state index in [1.54, 1.807) is 12.1 Å². The van der Waals surface area contributed by atoms with Crippen LogP contribution < -0.4 is 4.90 Å². The van der Waals surface area contributed by atoms with Gasteiger partial charge in [0, 0.05) is 62.0 Å². The van der Waals surface area contributed by atoms with E-state index in [0.29, 0.717) is 5.92 Å². The molecule has 1 aliphatic rings. The SMILES string of the molecule is Cc1cc(N2CCN(C(C)c3cccc([N+](=O)[O-])c3)CC2)nc(C(C)C)n1. The number of aryl methyl sites for hydroxylation is 1. The first-order valence-electron chi connectivity index (χ1n) is 9.44. The Labute approximate surface area is 160 Å². The summed E-state index contributed by atoms with van der Waals surface area (Å²) in [6.45, 7) is 11.9. The Bertz CT molecular complexity index is 816. The third kappa shape index (κ3) is 4.42. The molecule has 1 fully saturated rings. The largest absolute Gasteiger partial charge is 0.354 e. The van der Waals surface area contributed by atoms with Gasteiger partial charge < -0.3 is 4.90 Å². The Balaban J connectivity index is 1.68. The number of non-ortho nitro benzene ring substituents is 1. The number of benzene rings is 1. The van der Waals surface area contributed by atoms with Crippen molar-refractivity contribution in [2.75, 3.05) is 31.1 Å². The molecule has 7 nitrogen and oxygen atoms in total. The zero-order valence-electron chi connectivity index (χ0n) is 16.4. The van der Waals surface area contributed by atoms with Crippen LogP contribution in [-0.2, 0) is 0 Å². The molecule has 27 heavy (non-hydrogen) atoms. The van der Waals surface area contributed by atoms with E-state index in [0.717, 1.165) is 49.1 Å². The van der Waals surface area contributed by atoms with Crippen molar-refractivity contribution in [3.8, 4) is 0 Å². The van der Waals surface area contributed by atoms with Gasteiger partial charge in [-0.1, -0.05) is 26.0 Å². The number of hydrogen-bond donors (Lipinski definition) is 0. The summed E-state index contributed by atoms with van der Waals surface area (Å²) in [7, 11) is 0. The van der Waals surface area contributed by atoms with Crippen molar-refractivity contribution in [3.05, 3.63) is 57.5 Å². The lowest BCUT2D eigenvalue weighted by Crippen LogP contribution is -2.47. The molecule has 2 aromatic rings. The van der Waals surface area contributed by atoms with Crippen LogP contribution in [0.3, 0.4) is 0 Å². The zero-order chi connectivity index (χ0) is 19.6. The number of rotatable bonds is 5. The van der Waals surface area contributed by atoms with Crippen molar-refractivity contribution in [2.45, 2.75) is 39.7 Å². The number of aromatic nitrogens is 2. The van der Waals surface area contributed by atoms with Gasteiger partial charge in [-0.15, -0.1) is 0 Å². The summed E-state index contributed by atoms with van der Waals surface area (Å²) in [6.07, 6.45) is 0. The highest BCUT2D eigenvalue weighted by Crippen LogP contribution is 2.26. The Morgan fingerprint density at radius 2 is 1.78 bits per heavy atom. The lowest BCUT2D eigenvalue weighted by atomic mass is 10.1. The minimum Gasteiger partial charge on any atom is -0.354 e. The normalized spacial score (nSPS) is 16.6. The second-order valence-electron chi connectivity index (χ2n) is 7.43. The van der Waals surface area contributed by atoms with Crippen molar-refractivity contribution in [1.82, 2.24) is 14.9 Å². The topological polar surface area (TPSA) is 75.4 Å². The summed E-state index contributed by atoms with van der Waals surface area (Å²) in [5.74, 6) is 2.19. The van der Waals surface area contributed by atoms with E-state index < -0.39 is 0 Å². The molecule has 1 unspecified atom stereocenters. The molecule has 1 aromatic carbocycles. The quantitative estimate of drug-likeness (QED) is 0.591. The van der Waals surface area contributed by atoms with Gasteiger partial charge in [0.05, 0.1) is 4.92 Å². The molecular weight excluding hydrogens is 342 g/mol. The Hall–Kier alpha value is -2.54. The number of nitro benzene ring substituents is 1. The van der Waals surface area contributed by atoms with E-state index in [1.165, 1.54) is 6.07 Å². The van der Waals surface area contributed by atoms with Gasteiger partial charge in [0.25, 0.3) is 5.69 Å². The van der Waals surface area contributed by atoms with Crippen molar-refractivity contribution in [1.29, 1.82) is 0 Å². The van der Waals surface area contributed by atoms with Crippen molar-refractivity contribution >= 4 is 11.5 Å². The molecule has 1 aromatic heterocycles. The van der Waals surface area contributed by atoms with Crippen LogP contribution in [0.1, 0.15) is 49.8 Å². The van der Waals surface area contributed by atoms with E-state index in [2.05, 4.69) is 35.6 Å². The highest BCUT2D eigenvalue weighted by molar-refractivity contribution is 5.41. The summed E-state index contributed by atoms with van der Waals surface area (Å²) < 4.78 is 0. The fourth-order valence-electron chi connectivity index (χ4n) is 3.44. The fraction of sp³-hybridized carbons (Fsp3) is 0.500. The third-order valence-electron chi connectivity index (χ3n) is 5.12. The average Bonchev–Trinajstić information content (AvgIpc) is 2.67. The lowest BCUT2D eigenvalue weighted by molar-refractivity contribution is -0.384. The van der Waals surface area contributed by atoms with Crippen molar-refractivity contribution < 1.29 is 4.92 Å². The predicted molar refractivity (Wildman–Crippen MR) is 106 cm³/mol. The molecular formula is C20H27N5O2. The highest BCUT2D eigenvalue weighted by atomic mass is 16.6. The predicted octanol–water partition coefficient (Wildman–Crippen LogP) is 3.70. The monoisotopic (exact) mass is 369 g/mol. The van der Waals surface area contributed by atoms with Gasteiger partial charge in [-0.3, -0.25) is 15.0 Å². The maximum atomic E-state index is 11.0. The third-order valence-corrected chi connectivity index (χ3v) is 5.12. The molecule has 0 radical (unpaired) electrons. The van der Waals surface area contributed by atoms with Gasteiger partial charge in [0.2, 0.25) is 0 Å². The molecule has 0 N–H and O–H groups in total. The maximum Gasteiger partial charge on any atom is 0.269 e. The van der Waals surface area contributed by atoms with Crippen LogP contribution in [0, 0.1) is 17.0 Å². The van der Waals surface area contributed by atoms with E-state index in [1.807, 2.05) is 19.1 Å². The number of piperazine rings is 1. The van der Waals surface area contributed by atoms with Crippen molar-refractivity contribution in [3.63, 3.8) is 0 Å². The second-order valence-corrected chi connectivity index (χ2v) is 7.43. The Morgan fingerprint density at radius 1 is 1.07 bits per heavy atom. The average molecular weight is 369 g/mol. The second kappa shape index (κ2) is 8.00. The number of anilines is 1. The Kier molecular flexibility index (Phi) is 5.70. The molecule has 3 rings (SSSR count). The minimum atomic E-state index is -0.335. The smallest absolute Gasteiger partial charge is 0.269 e. The summed E-state index contributed by atoms with van der Waals surface area (Å²) in [5, 5.41) is 11.0. The van der Waals surface area contributed by atoms with Gasteiger partial charge in [-0.25, -0.2) is 9.97 Å². The van der Waals surface area contributed by atoms with Gasteiger partial charge in [-0.2, -0.15) is 0 Å². The van der Waals surface area contributed by atoms with E-state index in [-0.39, 0.29) is 16.7 Å². The first-order valence-corrected chi connectivity index (χ1v) is 9.44. The van der Waals surface area contributed by atoms with Crippen LogP contribution in [0.5, 0.6) is 0 Å². The molecule has 7 heteroatoms. The van der Waals surface area contributed by atoms with Crippen LogP contribution in [-0.4, -0.2) is 46.0 Å². The molecule has 0 amide bonds. The molecule has 144 valence electrons. The van der Waals surface area contributed by atoms with Crippen LogP contribution in [0.2, 0.25) is 0 Å². The minimum absolute atomic E-state index is 0.144. The van der Waals surface area contributed by atoms with Gasteiger partial charge >= 0.3 is 0 Å². The fourth-order valence-corrected chi connectivity index (χ4v) is 3.44. The summed E-state index contributed by atoms with van der Waals surface area (Å²) >= 11 is 0. The molecule has 0 saturated carbocycles. The van der Waals surface area contributed by atoms with Crippen molar-refractivity contribution in [2.24, 2.45) is 0 Å². The maximum absolute atomic E-state index is 11.0. The molecule has 2 heterocycles. The van der Waals surface area contributed by atoms with E-state index in [9.17, 15) is 10.1 Å². The number of hydrogen-bond acceptors (Lipinski definition) is 6. The molecule has 0 aliphatic carbocycles. The molecule has 1 saturated heterocycles. The summed E-state index contributed by atoms with van der Waals surface area (Å²) in [4.78, 5) is 24.6. The standard InChI is InChI=1S/C20H27N5O2/c1-14(2)20-21-15(3)12-19(22-20)24-10-8-23(9-11-24)16(4)17-6-5-7-18(13-17)25(26)27/h5-7,12-14,16H,8-11H2,1-4H3. The molecule has 1 aliphatic heterocycles. The van der Waals surface area contributed by atoms with Crippen LogP contribution in [0.25, 0.3) is 0 Å². The van der Waals surface area contributed by atoms with E-state index >= 15 is 0 Å². The lowest BCUT2D eigenvalue weighted by Gasteiger charge is -2.38. The van der Waals surface area contributed by atoms with Gasteiger partial charge in [0.15, 0.2) is 0 Å².